The third-order valence-electron chi connectivity index (χ3n) is 5.62. The fourth-order valence-electron chi connectivity index (χ4n) is 4.13. The molecule has 0 radical (unpaired) electrons. The summed E-state index contributed by atoms with van der Waals surface area (Å²) in [6.07, 6.45) is 11.9. The molecular weight excluding hydrogens is 342 g/mol. The number of anilines is 1. The average Bonchev–Trinajstić information content (AvgIpc) is 3.40. The van der Waals surface area contributed by atoms with E-state index in [1.165, 1.54) is 33.3 Å². The second-order valence-electron chi connectivity index (χ2n) is 7.55. The molecule has 4 rings (SSSR count). The van der Waals surface area contributed by atoms with Gasteiger partial charge in [0.1, 0.15) is 6.33 Å². The number of rotatable bonds is 6. The summed E-state index contributed by atoms with van der Waals surface area (Å²) in [5.74, 6) is -0.737. The van der Waals surface area contributed by atoms with E-state index in [2.05, 4.69) is 16.4 Å². The van der Waals surface area contributed by atoms with Crippen LogP contribution in [0.2, 0.25) is 0 Å². The Balaban J connectivity index is 1.37. The van der Waals surface area contributed by atoms with E-state index in [1.54, 1.807) is 19.3 Å². The maximum Gasteiger partial charge on any atom is 0.335 e. The van der Waals surface area contributed by atoms with Crippen LogP contribution in [0, 0.1) is 5.92 Å². The number of nitrogens with zero attached hydrogens (tertiary/aromatic N) is 2. The first-order valence-corrected chi connectivity index (χ1v) is 9.78. The number of imidazole rings is 1. The Labute approximate surface area is 158 Å². The molecule has 2 aliphatic rings. The second kappa shape index (κ2) is 7.55. The van der Waals surface area contributed by atoms with Gasteiger partial charge >= 0.3 is 5.97 Å². The number of benzene rings is 1. The van der Waals surface area contributed by atoms with Crippen LogP contribution in [-0.2, 0) is 35.3 Å². The van der Waals surface area contributed by atoms with Gasteiger partial charge in [0.15, 0.2) is 0 Å². The SMILES string of the molecule is C[C@H](CCC(=O)Nc1c2c(cc3c1CCC3)CCC2)C(=O)On1ccnc1. The van der Waals surface area contributed by atoms with E-state index in [-0.39, 0.29) is 17.8 Å². The number of hydrogen-bond donors (Lipinski definition) is 1. The van der Waals surface area contributed by atoms with Gasteiger partial charge < -0.3 is 10.2 Å². The summed E-state index contributed by atoms with van der Waals surface area (Å²) < 4.78 is 1.27. The van der Waals surface area contributed by atoms with E-state index < -0.39 is 0 Å². The molecule has 6 heteroatoms. The smallest absolute Gasteiger partial charge is 0.335 e. The predicted molar refractivity (Wildman–Crippen MR) is 101 cm³/mol. The van der Waals surface area contributed by atoms with Crippen molar-refractivity contribution in [3.63, 3.8) is 0 Å². The molecule has 1 aromatic heterocycles. The fourth-order valence-corrected chi connectivity index (χ4v) is 4.13. The van der Waals surface area contributed by atoms with Crippen molar-refractivity contribution in [1.29, 1.82) is 0 Å². The standard InChI is InChI=1S/C21H25N3O3/c1-14(21(26)27-24-11-10-22-13-24)8-9-19(25)23-20-17-6-2-4-15(17)12-16-5-3-7-18(16)20/h10-14H,2-9H2,1H3,(H,23,25)/t14-/m1/s1. The molecule has 0 saturated heterocycles. The van der Waals surface area contributed by atoms with Gasteiger partial charge in [0.25, 0.3) is 0 Å². The van der Waals surface area contributed by atoms with Crippen LogP contribution in [0.5, 0.6) is 0 Å². The van der Waals surface area contributed by atoms with E-state index in [0.717, 1.165) is 44.2 Å². The zero-order valence-electron chi connectivity index (χ0n) is 15.7. The van der Waals surface area contributed by atoms with E-state index in [4.69, 9.17) is 4.84 Å². The molecule has 1 atom stereocenters. The topological polar surface area (TPSA) is 73.2 Å². The molecule has 0 bridgehead atoms. The van der Waals surface area contributed by atoms with Crippen molar-refractivity contribution in [3.05, 3.63) is 47.0 Å². The lowest BCUT2D eigenvalue weighted by molar-refractivity contribution is -0.148. The van der Waals surface area contributed by atoms with Crippen LogP contribution in [0.25, 0.3) is 0 Å². The molecule has 0 saturated carbocycles. The Kier molecular flexibility index (Phi) is 4.97. The monoisotopic (exact) mass is 367 g/mol. The summed E-state index contributed by atoms with van der Waals surface area (Å²) in [4.78, 5) is 33.7. The van der Waals surface area contributed by atoms with Crippen molar-refractivity contribution in [2.75, 3.05) is 5.32 Å². The van der Waals surface area contributed by atoms with E-state index in [9.17, 15) is 9.59 Å². The molecule has 1 N–H and O–H groups in total. The van der Waals surface area contributed by atoms with Gasteiger partial charge in [-0.05, 0) is 67.2 Å². The summed E-state index contributed by atoms with van der Waals surface area (Å²) in [5.41, 5.74) is 6.54. The first kappa shape index (κ1) is 17.8. The molecule has 27 heavy (non-hydrogen) atoms. The van der Waals surface area contributed by atoms with Gasteiger partial charge in [-0.2, -0.15) is 4.73 Å². The van der Waals surface area contributed by atoms with Crippen LogP contribution in [0.15, 0.2) is 24.8 Å². The molecule has 0 unspecified atom stereocenters. The van der Waals surface area contributed by atoms with Gasteiger partial charge in [-0.25, -0.2) is 9.78 Å². The highest BCUT2D eigenvalue weighted by Gasteiger charge is 2.25. The maximum atomic E-state index is 12.6. The Bertz CT molecular complexity index is 826. The molecule has 0 aliphatic heterocycles. The van der Waals surface area contributed by atoms with Gasteiger partial charge in [-0.15, -0.1) is 0 Å². The van der Waals surface area contributed by atoms with Crippen LogP contribution in [0.4, 0.5) is 5.69 Å². The number of carbonyl (C=O) groups is 2. The van der Waals surface area contributed by atoms with Crippen molar-refractivity contribution >= 4 is 17.6 Å². The second-order valence-corrected chi connectivity index (χ2v) is 7.55. The zero-order valence-corrected chi connectivity index (χ0v) is 15.7. The molecule has 6 nitrogen and oxygen atoms in total. The van der Waals surface area contributed by atoms with Gasteiger partial charge in [-0.1, -0.05) is 13.0 Å². The van der Waals surface area contributed by atoms with Gasteiger partial charge in [0, 0.05) is 18.3 Å². The lowest BCUT2D eigenvalue weighted by atomic mass is 9.98. The molecule has 1 amide bonds. The summed E-state index contributed by atoms with van der Waals surface area (Å²) in [6, 6.07) is 2.36. The molecule has 2 aliphatic carbocycles. The molecule has 0 fully saturated rings. The minimum Gasteiger partial charge on any atom is -0.335 e. The minimum atomic E-state index is -0.359. The highest BCUT2D eigenvalue weighted by Crippen LogP contribution is 2.38. The van der Waals surface area contributed by atoms with Crippen LogP contribution >= 0.6 is 0 Å². The third-order valence-corrected chi connectivity index (χ3v) is 5.62. The fraction of sp³-hybridized carbons (Fsp3) is 0.476. The van der Waals surface area contributed by atoms with Crippen molar-refractivity contribution < 1.29 is 14.4 Å². The summed E-state index contributed by atoms with van der Waals surface area (Å²) in [7, 11) is 0. The van der Waals surface area contributed by atoms with E-state index in [1.807, 2.05) is 0 Å². The Morgan fingerprint density at radius 2 is 1.89 bits per heavy atom. The normalized spacial score (nSPS) is 15.9. The summed E-state index contributed by atoms with van der Waals surface area (Å²) in [6.45, 7) is 1.78. The number of aromatic nitrogens is 2. The number of carbonyl (C=O) groups excluding carboxylic acids is 2. The van der Waals surface area contributed by atoms with Crippen molar-refractivity contribution in [1.82, 2.24) is 9.71 Å². The van der Waals surface area contributed by atoms with E-state index >= 15 is 0 Å². The number of amides is 1. The molecule has 1 heterocycles. The van der Waals surface area contributed by atoms with Crippen LogP contribution in [0.3, 0.4) is 0 Å². The average molecular weight is 367 g/mol. The maximum absolute atomic E-state index is 12.6. The highest BCUT2D eigenvalue weighted by atomic mass is 16.7. The Hall–Kier alpha value is -2.63. The molecule has 1 aromatic carbocycles. The Morgan fingerprint density at radius 1 is 1.19 bits per heavy atom. The summed E-state index contributed by atoms with van der Waals surface area (Å²) in [5, 5.41) is 3.18. The van der Waals surface area contributed by atoms with E-state index in [0.29, 0.717) is 12.8 Å². The quantitative estimate of drug-likeness (QED) is 0.852. The number of hydrogen-bond acceptors (Lipinski definition) is 4. The van der Waals surface area contributed by atoms with Crippen LogP contribution in [-0.4, -0.2) is 21.6 Å². The first-order valence-electron chi connectivity index (χ1n) is 9.78. The number of nitrogens with one attached hydrogen (secondary N) is 1. The van der Waals surface area contributed by atoms with Gasteiger partial charge in [0.2, 0.25) is 5.91 Å². The predicted octanol–water partition coefficient (Wildman–Crippen LogP) is 2.87. The number of fused-ring (bicyclic) bond motifs is 2. The minimum absolute atomic E-state index is 0.0216. The van der Waals surface area contributed by atoms with Crippen molar-refractivity contribution in [2.45, 2.75) is 58.3 Å². The molecular formula is C21H25N3O3. The zero-order chi connectivity index (χ0) is 18.8. The van der Waals surface area contributed by atoms with Crippen LogP contribution < -0.4 is 10.2 Å². The third kappa shape index (κ3) is 3.75. The largest absolute Gasteiger partial charge is 0.335 e. The summed E-state index contributed by atoms with van der Waals surface area (Å²) >= 11 is 0. The highest BCUT2D eigenvalue weighted by molar-refractivity contribution is 5.93. The van der Waals surface area contributed by atoms with Crippen LogP contribution in [0.1, 0.15) is 54.9 Å². The lowest BCUT2D eigenvalue weighted by Gasteiger charge is -2.16. The van der Waals surface area contributed by atoms with Crippen molar-refractivity contribution in [3.8, 4) is 0 Å². The Morgan fingerprint density at radius 3 is 2.52 bits per heavy atom. The van der Waals surface area contributed by atoms with Gasteiger partial charge in [0.05, 0.1) is 12.1 Å². The van der Waals surface area contributed by atoms with Crippen molar-refractivity contribution in [2.24, 2.45) is 5.92 Å². The number of aryl methyl sites for hydroxylation is 2. The lowest BCUT2D eigenvalue weighted by Crippen LogP contribution is -2.26. The van der Waals surface area contributed by atoms with Gasteiger partial charge in [-0.3, -0.25) is 4.79 Å². The first-order chi connectivity index (χ1) is 13.1. The molecule has 142 valence electrons. The molecule has 0 spiro atoms. The molecule has 2 aromatic rings.